The summed E-state index contributed by atoms with van der Waals surface area (Å²) in [5.74, 6) is 0.794. The predicted molar refractivity (Wildman–Crippen MR) is 99.1 cm³/mol. The Balaban J connectivity index is 1.92. The van der Waals surface area contributed by atoms with Crippen LogP contribution in [0.2, 0.25) is 0 Å². The molecule has 0 aliphatic rings. The molecule has 1 N–H and O–H groups in total. The van der Waals surface area contributed by atoms with Crippen molar-refractivity contribution in [1.82, 2.24) is 19.7 Å². The minimum absolute atomic E-state index is 0.0782. The zero-order valence-corrected chi connectivity index (χ0v) is 15.8. The molecule has 3 rings (SSSR count). The molecule has 1 aromatic heterocycles. The summed E-state index contributed by atoms with van der Waals surface area (Å²) in [6.07, 6.45) is 3.09. The molecule has 1 atom stereocenters. The van der Waals surface area contributed by atoms with Crippen LogP contribution in [0.4, 0.5) is 0 Å². The van der Waals surface area contributed by atoms with Gasteiger partial charge in [-0.05, 0) is 17.7 Å². The number of hydrogen-bond donors (Lipinski definition) is 1. The molecule has 0 saturated heterocycles. The molecule has 3 aromatic rings. The van der Waals surface area contributed by atoms with Crippen LogP contribution >= 0.6 is 0 Å². The van der Waals surface area contributed by atoms with Gasteiger partial charge >= 0.3 is 0 Å². The maximum absolute atomic E-state index is 13.0. The average molecular weight is 388 g/mol. The second-order valence-corrected chi connectivity index (χ2v) is 7.40. The summed E-state index contributed by atoms with van der Waals surface area (Å²) in [6, 6.07) is 13.2. The normalized spacial score (nSPS) is 12.5. The minimum atomic E-state index is -3.82. The zero-order chi connectivity index (χ0) is 19.3. The summed E-state index contributed by atoms with van der Waals surface area (Å²) in [7, 11) is -0.874. The maximum Gasteiger partial charge on any atom is 0.241 e. The van der Waals surface area contributed by atoms with E-state index in [1.165, 1.54) is 31.1 Å². The lowest BCUT2D eigenvalue weighted by molar-refractivity contribution is 0.353. The van der Waals surface area contributed by atoms with Crippen LogP contribution < -0.4 is 14.2 Å². The van der Waals surface area contributed by atoms with Crippen molar-refractivity contribution in [2.75, 3.05) is 14.2 Å². The summed E-state index contributed by atoms with van der Waals surface area (Å²) in [4.78, 5) is 1.52. The van der Waals surface area contributed by atoms with Gasteiger partial charge in [-0.15, -0.1) is 0 Å². The first-order chi connectivity index (χ1) is 13.0. The van der Waals surface area contributed by atoms with E-state index in [1.807, 2.05) is 30.3 Å². The van der Waals surface area contributed by atoms with Crippen molar-refractivity contribution in [2.45, 2.75) is 17.5 Å². The largest absolute Gasteiger partial charge is 0.493 e. The van der Waals surface area contributed by atoms with Gasteiger partial charge in [-0.25, -0.2) is 13.1 Å². The molecule has 1 heterocycles. The topological polar surface area (TPSA) is 95.3 Å². The van der Waals surface area contributed by atoms with Gasteiger partial charge in [0.25, 0.3) is 0 Å². The van der Waals surface area contributed by atoms with Crippen LogP contribution in [0.3, 0.4) is 0 Å². The number of rotatable bonds is 8. The van der Waals surface area contributed by atoms with Gasteiger partial charge in [-0.3, -0.25) is 0 Å². The van der Waals surface area contributed by atoms with Gasteiger partial charge in [0.05, 0.1) is 44.1 Å². The Morgan fingerprint density at radius 2 is 1.67 bits per heavy atom. The van der Waals surface area contributed by atoms with Crippen LogP contribution in [-0.2, 0) is 16.6 Å². The molecule has 8 nitrogen and oxygen atoms in total. The van der Waals surface area contributed by atoms with Crippen molar-refractivity contribution in [2.24, 2.45) is 0 Å². The fraction of sp³-hybridized carbons (Fsp3) is 0.222. The molecule has 1 unspecified atom stereocenters. The fourth-order valence-electron chi connectivity index (χ4n) is 2.64. The van der Waals surface area contributed by atoms with Crippen LogP contribution in [0.25, 0.3) is 0 Å². The average Bonchev–Trinajstić information content (AvgIpc) is 3.20. The highest BCUT2D eigenvalue weighted by Gasteiger charge is 2.23. The molecule has 0 aliphatic heterocycles. The smallest absolute Gasteiger partial charge is 0.241 e. The number of sulfonamides is 1. The Bertz CT molecular complexity index is 976. The van der Waals surface area contributed by atoms with Gasteiger partial charge in [-0.1, -0.05) is 30.3 Å². The molecule has 9 heteroatoms. The van der Waals surface area contributed by atoms with Gasteiger partial charge in [0.1, 0.15) is 0 Å². The van der Waals surface area contributed by atoms with Crippen molar-refractivity contribution in [3.05, 3.63) is 66.5 Å². The lowest BCUT2D eigenvalue weighted by Gasteiger charge is -2.19. The molecule has 0 aliphatic carbocycles. The Hall–Kier alpha value is -2.91. The molecule has 0 radical (unpaired) electrons. The quantitative estimate of drug-likeness (QED) is 0.634. The highest BCUT2D eigenvalue weighted by atomic mass is 32.2. The maximum atomic E-state index is 13.0. The number of methoxy groups -OCH3 is 2. The van der Waals surface area contributed by atoms with E-state index >= 15 is 0 Å². The van der Waals surface area contributed by atoms with Gasteiger partial charge in [0.2, 0.25) is 10.0 Å². The van der Waals surface area contributed by atoms with Crippen molar-refractivity contribution in [3.63, 3.8) is 0 Å². The highest BCUT2D eigenvalue weighted by molar-refractivity contribution is 7.89. The molecule has 27 heavy (non-hydrogen) atoms. The molecule has 0 amide bonds. The van der Waals surface area contributed by atoms with Crippen molar-refractivity contribution < 1.29 is 17.9 Å². The van der Waals surface area contributed by atoms with Gasteiger partial charge < -0.3 is 9.47 Å². The lowest BCUT2D eigenvalue weighted by atomic mass is 10.1. The van der Waals surface area contributed by atoms with E-state index in [4.69, 9.17) is 9.47 Å². The molecular formula is C18H20N4O4S. The molecule has 0 saturated carbocycles. The summed E-state index contributed by atoms with van der Waals surface area (Å²) in [5.41, 5.74) is 0.804. The number of benzene rings is 2. The Labute approximate surface area is 157 Å². The van der Waals surface area contributed by atoms with Gasteiger partial charge in [0.15, 0.2) is 11.5 Å². The van der Waals surface area contributed by atoms with Crippen LogP contribution in [0.1, 0.15) is 11.6 Å². The van der Waals surface area contributed by atoms with E-state index in [9.17, 15) is 8.42 Å². The minimum Gasteiger partial charge on any atom is -0.493 e. The molecule has 0 fully saturated rings. The first-order valence-electron chi connectivity index (χ1n) is 8.17. The molecular weight excluding hydrogens is 368 g/mol. The third kappa shape index (κ3) is 4.44. The van der Waals surface area contributed by atoms with Crippen molar-refractivity contribution in [1.29, 1.82) is 0 Å². The number of hydrogen-bond acceptors (Lipinski definition) is 6. The standard InChI is InChI=1S/C18H20N4O4S/c1-25-17-9-8-15(12-18(17)26-2)27(23,24)21-16(13-22-19-10-11-20-22)14-6-4-3-5-7-14/h3-12,16,21H,13H2,1-2H3. The van der Waals surface area contributed by atoms with Gasteiger partial charge in [-0.2, -0.15) is 15.0 Å². The Kier molecular flexibility index (Phi) is 5.72. The highest BCUT2D eigenvalue weighted by Crippen LogP contribution is 2.30. The van der Waals surface area contributed by atoms with E-state index in [-0.39, 0.29) is 11.4 Å². The van der Waals surface area contributed by atoms with E-state index in [0.29, 0.717) is 11.5 Å². The molecule has 142 valence electrons. The Morgan fingerprint density at radius 1 is 1.00 bits per heavy atom. The van der Waals surface area contributed by atoms with Crippen LogP contribution in [-0.4, -0.2) is 37.6 Å². The van der Waals surface area contributed by atoms with Crippen LogP contribution in [0.5, 0.6) is 11.5 Å². The lowest BCUT2D eigenvalue weighted by Crippen LogP contribution is -2.32. The number of nitrogens with zero attached hydrogens (tertiary/aromatic N) is 3. The number of aromatic nitrogens is 3. The Morgan fingerprint density at radius 3 is 2.30 bits per heavy atom. The van der Waals surface area contributed by atoms with Crippen molar-refractivity contribution in [3.8, 4) is 11.5 Å². The third-order valence-corrected chi connectivity index (χ3v) is 5.45. The first-order valence-corrected chi connectivity index (χ1v) is 9.65. The fourth-order valence-corrected chi connectivity index (χ4v) is 3.87. The summed E-state index contributed by atoms with van der Waals surface area (Å²) in [5, 5.41) is 8.14. The zero-order valence-electron chi connectivity index (χ0n) is 14.9. The second kappa shape index (κ2) is 8.19. The number of nitrogens with one attached hydrogen (secondary N) is 1. The van der Waals surface area contributed by atoms with E-state index in [2.05, 4.69) is 14.9 Å². The molecule has 0 spiro atoms. The van der Waals surface area contributed by atoms with E-state index in [0.717, 1.165) is 5.56 Å². The monoisotopic (exact) mass is 388 g/mol. The summed E-state index contributed by atoms with van der Waals surface area (Å²) >= 11 is 0. The van der Waals surface area contributed by atoms with E-state index < -0.39 is 16.1 Å². The SMILES string of the molecule is COc1ccc(S(=O)(=O)NC(Cn2nccn2)c2ccccc2)cc1OC. The number of ether oxygens (including phenoxy) is 2. The van der Waals surface area contributed by atoms with Gasteiger partial charge in [0, 0.05) is 6.07 Å². The third-order valence-electron chi connectivity index (χ3n) is 3.98. The van der Waals surface area contributed by atoms with Crippen LogP contribution in [0, 0.1) is 0 Å². The molecule has 2 aromatic carbocycles. The van der Waals surface area contributed by atoms with Crippen molar-refractivity contribution >= 4 is 10.0 Å². The van der Waals surface area contributed by atoms with E-state index in [1.54, 1.807) is 18.5 Å². The second-order valence-electron chi connectivity index (χ2n) is 5.69. The first kappa shape index (κ1) is 18.9. The summed E-state index contributed by atoms with van der Waals surface area (Å²) in [6.45, 7) is 0.254. The van der Waals surface area contributed by atoms with Crippen LogP contribution in [0.15, 0.2) is 65.8 Å². The summed E-state index contributed by atoms with van der Waals surface area (Å²) < 4.78 is 39.0. The predicted octanol–water partition coefficient (Wildman–Crippen LogP) is 2.02. The molecule has 0 bridgehead atoms.